The number of carbonyl (C=O) groups is 1. The Morgan fingerprint density at radius 2 is 1.71 bits per heavy atom. The first-order valence-electron chi connectivity index (χ1n) is 9.78. The molecule has 1 aliphatic heterocycles. The van der Waals surface area contributed by atoms with Crippen molar-refractivity contribution in [2.75, 3.05) is 21.7 Å². The van der Waals surface area contributed by atoms with E-state index in [0.717, 1.165) is 24.1 Å². The standard InChI is InChI=1S/C21H25N3O3S/c1-2-18(16-8-4-3-5-9-16)21(25)22-14-15-23-19-10-6-7-11-20(19)24(17-12-13-17)28(23,26)27/h3-11,17-18H,2,12-15H2,1H3,(H,22,25). The van der Waals surface area contributed by atoms with Crippen molar-refractivity contribution in [3.63, 3.8) is 0 Å². The average molecular weight is 400 g/mol. The number of nitrogens with one attached hydrogen (secondary N) is 1. The largest absolute Gasteiger partial charge is 0.354 e. The number of carbonyl (C=O) groups excluding carboxylic acids is 1. The zero-order chi connectivity index (χ0) is 19.7. The first-order chi connectivity index (χ1) is 13.5. The van der Waals surface area contributed by atoms with E-state index in [9.17, 15) is 13.2 Å². The van der Waals surface area contributed by atoms with Crippen LogP contribution in [0.3, 0.4) is 0 Å². The molecule has 1 atom stereocenters. The van der Waals surface area contributed by atoms with E-state index < -0.39 is 10.2 Å². The zero-order valence-electron chi connectivity index (χ0n) is 15.9. The molecule has 6 nitrogen and oxygen atoms in total. The average Bonchev–Trinajstić information content (AvgIpc) is 3.49. The predicted octanol–water partition coefficient (Wildman–Crippen LogP) is 3.03. The highest BCUT2D eigenvalue weighted by atomic mass is 32.2. The van der Waals surface area contributed by atoms with Gasteiger partial charge in [0.05, 0.1) is 23.8 Å². The zero-order valence-corrected chi connectivity index (χ0v) is 16.7. The fourth-order valence-electron chi connectivity index (χ4n) is 3.81. The van der Waals surface area contributed by atoms with Gasteiger partial charge in [0.25, 0.3) is 0 Å². The van der Waals surface area contributed by atoms with E-state index in [0.29, 0.717) is 12.1 Å². The van der Waals surface area contributed by atoms with E-state index in [1.165, 1.54) is 4.31 Å². The van der Waals surface area contributed by atoms with Crippen LogP contribution in [0.4, 0.5) is 11.4 Å². The lowest BCUT2D eigenvalue weighted by molar-refractivity contribution is -0.122. The van der Waals surface area contributed by atoms with Crippen LogP contribution in [0.5, 0.6) is 0 Å². The van der Waals surface area contributed by atoms with Gasteiger partial charge in [0.2, 0.25) is 5.91 Å². The number of para-hydroxylation sites is 2. The van der Waals surface area contributed by atoms with E-state index >= 15 is 0 Å². The smallest absolute Gasteiger partial charge is 0.326 e. The Balaban J connectivity index is 1.45. The van der Waals surface area contributed by atoms with Gasteiger partial charge in [0.1, 0.15) is 0 Å². The molecule has 2 aliphatic rings. The first kappa shape index (κ1) is 18.8. The molecule has 0 radical (unpaired) electrons. The molecule has 2 aromatic rings. The summed E-state index contributed by atoms with van der Waals surface area (Å²) in [5, 5.41) is 2.92. The first-order valence-corrected chi connectivity index (χ1v) is 11.2. The van der Waals surface area contributed by atoms with Crippen LogP contribution in [-0.4, -0.2) is 33.5 Å². The lowest BCUT2D eigenvalue weighted by atomic mass is 9.96. The highest BCUT2D eigenvalue weighted by Crippen LogP contribution is 2.46. The van der Waals surface area contributed by atoms with Crippen LogP contribution in [0.25, 0.3) is 0 Å². The van der Waals surface area contributed by atoms with Crippen LogP contribution in [0.2, 0.25) is 0 Å². The van der Waals surface area contributed by atoms with Gasteiger partial charge >= 0.3 is 10.2 Å². The molecule has 1 unspecified atom stereocenters. The second-order valence-corrected chi connectivity index (χ2v) is 8.99. The molecule has 1 saturated carbocycles. The molecular formula is C21H25N3O3S. The van der Waals surface area contributed by atoms with Gasteiger partial charge in [-0.3, -0.25) is 4.79 Å². The van der Waals surface area contributed by atoms with Gasteiger partial charge in [-0.15, -0.1) is 0 Å². The summed E-state index contributed by atoms with van der Waals surface area (Å²) in [6.45, 7) is 2.47. The fraction of sp³-hybridized carbons (Fsp3) is 0.381. The summed E-state index contributed by atoms with van der Waals surface area (Å²) < 4.78 is 29.1. The quantitative estimate of drug-likeness (QED) is 0.778. The Hall–Kier alpha value is -2.54. The van der Waals surface area contributed by atoms with Crippen molar-refractivity contribution < 1.29 is 13.2 Å². The summed E-state index contributed by atoms with van der Waals surface area (Å²) in [6, 6.07) is 17.1. The minimum Gasteiger partial charge on any atom is -0.354 e. The maximum atomic E-state index is 13.1. The van der Waals surface area contributed by atoms with Crippen molar-refractivity contribution in [3.05, 3.63) is 60.2 Å². The van der Waals surface area contributed by atoms with Crippen molar-refractivity contribution in [1.82, 2.24) is 5.32 Å². The number of fused-ring (bicyclic) bond motifs is 1. The molecule has 28 heavy (non-hydrogen) atoms. The maximum Gasteiger partial charge on any atom is 0.326 e. The highest BCUT2D eigenvalue weighted by molar-refractivity contribution is 7.94. The van der Waals surface area contributed by atoms with E-state index in [1.54, 1.807) is 4.31 Å². The molecule has 0 aromatic heterocycles. The summed E-state index contributed by atoms with van der Waals surface area (Å²) in [6.07, 6.45) is 2.48. The van der Waals surface area contributed by atoms with Crippen LogP contribution in [0.1, 0.15) is 37.7 Å². The molecule has 1 amide bonds. The fourth-order valence-corrected chi connectivity index (χ4v) is 5.74. The number of amides is 1. The van der Waals surface area contributed by atoms with E-state index in [-0.39, 0.29) is 31.0 Å². The third kappa shape index (κ3) is 3.35. The predicted molar refractivity (Wildman–Crippen MR) is 111 cm³/mol. The number of hydrogen-bond acceptors (Lipinski definition) is 3. The summed E-state index contributed by atoms with van der Waals surface area (Å²) >= 11 is 0. The van der Waals surface area contributed by atoms with Crippen LogP contribution in [0, 0.1) is 0 Å². The number of rotatable bonds is 7. The van der Waals surface area contributed by atoms with Crippen molar-refractivity contribution in [1.29, 1.82) is 0 Å². The Morgan fingerprint density at radius 3 is 2.36 bits per heavy atom. The normalized spacial score (nSPS) is 18.6. The molecule has 2 aromatic carbocycles. The van der Waals surface area contributed by atoms with Crippen molar-refractivity contribution in [2.45, 2.75) is 38.1 Å². The number of hydrogen-bond donors (Lipinski definition) is 1. The monoisotopic (exact) mass is 399 g/mol. The van der Waals surface area contributed by atoms with Gasteiger partial charge in [0, 0.05) is 12.6 Å². The highest BCUT2D eigenvalue weighted by Gasteiger charge is 2.47. The number of anilines is 2. The number of benzene rings is 2. The molecule has 0 bridgehead atoms. The van der Waals surface area contributed by atoms with Gasteiger partial charge in [-0.25, -0.2) is 8.61 Å². The van der Waals surface area contributed by atoms with Gasteiger partial charge < -0.3 is 5.32 Å². The van der Waals surface area contributed by atoms with Crippen molar-refractivity contribution in [2.24, 2.45) is 0 Å². The van der Waals surface area contributed by atoms with E-state index in [2.05, 4.69) is 5.32 Å². The molecule has 4 rings (SSSR count). The van der Waals surface area contributed by atoms with Crippen LogP contribution >= 0.6 is 0 Å². The molecule has 148 valence electrons. The Morgan fingerprint density at radius 1 is 1.07 bits per heavy atom. The van der Waals surface area contributed by atoms with Crippen LogP contribution in [-0.2, 0) is 15.0 Å². The third-order valence-electron chi connectivity index (χ3n) is 5.33. The Bertz CT molecular complexity index is 958. The molecule has 0 saturated heterocycles. The summed E-state index contributed by atoms with van der Waals surface area (Å²) in [4.78, 5) is 12.6. The second-order valence-electron chi connectivity index (χ2n) is 7.26. The Labute approximate surface area is 166 Å². The molecule has 0 spiro atoms. The van der Waals surface area contributed by atoms with Gasteiger partial charge in [0.15, 0.2) is 0 Å². The maximum absolute atomic E-state index is 13.1. The summed E-state index contributed by atoms with van der Waals surface area (Å²) in [5.41, 5.74) is 2.41. The van der Waals surface area contributed by atoms with Crippen molar-refractivity contribution in [3.8, 4) is 0 Å². The molecule has 7 heteroatoms. The lowest BCUT2D eigenvalue weighted by Crippen LogP contribution is -2.43. The SMILES string of the molecule is CCC(C(=O)NCCN1c2ccccc2N(C2CC2)S1(=O)=O)c1ccccc1. The van der Waals surface area contributed by atoms with E-state index in [4.69, 9.17) is 0 Å². The summed E-state index contributed by atoms with van der Waals surface area (Å²) in [7, 11) is -3.58. The Kier molecular flexibility index (Phi) is 5.02. The minimum absolute atomic E-state index is 0.0632. The van der Waals surface area contributed by atoms with Crippen LogP contribution < -0.4 is 13.9 Å². The topological polar surface area (TPSA) is 69.7 Å². The van der Waals surface area contributed by atoms with Crippen molar-refractivity contribution >= 4 is 27.5 Å². The van der Waals surface area contributed by atoms with Gasteiger partial charge in [-0.05, 0) is 37.0 Å². The number of nitrogens with zero attached hydrogens (tertiary/aromatic N) is 2. The second kappa shape index (κ2) is 7.47. The third-order valence-corrected chi connectivity index (χ3v) is 7.26. The summed E-state index contributed by atoms with van der Waals surface area (Å²) in [5.74, 6) is -0.302. The molecular weight excluding hydrogens is 374 g/mol. The molecule has 1 N–H and O–H groups in total. The van der Waals surface area contributed by atoms with E-state index in [1.807, 2.05) is 61.5 Å². The van der Waals surface area contributed by atoms with Crippen LogP contribution in [0.15, 0.2) is 54.6 Å². The molecule has 1 aliphatic carbocycles. The molecule has 1 heterocycles. The minimum atomic E-state index is -3.58. The van der Waals surface area contributed by atoms with Gasteiger partial charge in [-0.2, -0.15) is 8.42 Å². The van der Waals surface area contributed by atoms with Gasteiger partial charge in [-0.1, -0.05) is 49.4 Å². The lowest BCUT2D eigenvalue weighted by Gasteiger charge is -2.22. The molecule has 1 fully saturated rings.